The van der Waals surface area contributed by atoms with Crippen molar-refractivity contribution >= 4 is 23.0 Å². The third kappa shape index (κ3) is 4.33. The molecule has 0 radical (unpaired) electrons. The Labute approximate surface area is 223 Å². The number of benzene rings is 2. The molecule has 4 aromatic rings. The van der Waals surface area contributed by atoms with Crippen LogP contribution in [-0.4, -0.2) is 28.9 Å². The van der Waals surface area contributed by atoms with Crippen LogP contribution < -0.4 is 19.7 Å². The van der Waals surface area contributed by atoms with Gasteiger partial charge in [-0.1, -0.05) is 31.2 Å². The maximum Gasteiger partial charge on any atom is 0.174 e. The minimum Gasteiger partial charge on any atom is -0.497 e. The Bertz CT molecular complexity index is 1430. The summed E-state index contributed by atoms with van der Waals surface area (Å²) in [5.41, 5.74) is 7.87. The second-order valence-corrected chi connectivity index (χ2v) is 9.57. The highest BCUT2D eigenvalue weighted by molar-refractivity contribution is 7.80. The summed E-state index contributed by atoms with van der Waals surface area (Å²) in [7, 11) is 3.32. The van der Waals surface area contributed by atoms with Gasteiger partial charge in [0.2, 0.25) is 0 Å². The van der Waals surface area contributed by atoms with Crippen molar-refractivity contribution in [3.63, 3.8) is 0 Å². The number of thiocarbonyl (C=S) groups is 1. The molecule has 0 spiro atoms. The number of methoxy groups -OCH3 is 2. The summed E-state index contributed by atoms with van der Waals surface area (Å²) in [6.07, 6.45) is 2.79. The highest BCUT2D eigenvalue weighted by atomic mass is 32.1. The number of aromatic nitrogens is 2. The zero-order valence-corrected chi connectivity index (χ0v) is 22.7. The Morgan fingerprint density at radius 3 is 2.43 bits per heavy atom. The minimum absolute atomic E-state index is 0.140. The second-order valence-electron chi connectivity index (χ2n) is 9.18. The summed E-state index contributed by atoms with van der Waals surface area (Å²) in [6.45, 7) is 6.55. The van der Waals surface area contributed by atoms with E-state index in [-0.39, 0.29) is 12.1 Å². The average molecular weight is 513 g/mol. The summed E-state index contributed by atoms with van der Waals surface area (Å²) in [4.78, 5) is 6.86. The molecule has 190 valence electrons. The molecule has 1 N–H and O–H groups in total. The van der Waals surface area contributed by atoms with E-state index >= 15 is 0 Å². The van der Waals surface area contributed by atoms with Gasteiger partial charge < -0.3 is 24.3 Å². The van der Waals surface area contributed by atoms with Crippen LogP contribution in [0.3, 0.4) is 0 Å². The second kappa shape index (κ2) is 10.3. The topological polar surface area (TPSA) is 51.6 Å². The molecule has 2 aromatic carbocycles. The van der Waals surface area contributed by atoms with Crippen LogP contribution in [0.25, 0.3) is 5.69 Å². The molecule has 0 aliphatic carbocycles. The number of rotatable bonds is 7. The van der Waals surface area contributed by atoms with Crippen LogP contribution in [0.15, 0.2) is 72.9 Å². The Balaban J connectivity index is 1.71. The lowest BCUT2D eigenvalue weighted by atomic mass is 9.96. The molecule has 6 nitrogen and oxygen atoms in total. The number of anilines is 1. The lowest BCUT2D eigenvalue weighted by Crippen LogP contribution is -2.30. The quantitative estimate of drug-likeness (QED) is 0.296. The van der Waals surface area contributed by atoms with Crippen molar-refractivity contribution in [2.75, 3.05) is 19.1 Å². The molecular formula is C30H32N4O2S. The van der Waals surface area contributed by atoms with E-state index in [9.17, 15) is 0 Å². The summed E-state index contributed by atoms with van der Waals surface area (Å²) >= 11 is 5.95. The summed E-state index contributed by atoms with van der Waals surface area (Å²) in [5.74, 6) is 1.42. The molecule has 2 aromatic heterocycles. The number of hydrogen-bond donors (Lipinski definition) is 1. The van der Waals surface area contributed by atoms with Gasteiger partial charge in [-0.2, -0.15) is 0 Å². The Morgan fingerprint density at radius 2 is 1.73 bits per heavy atom. The third-order valence-corrected chi connectivity index (χ3v) is 7.46. The number of ether oxygens (including phenoxy) is 2. The largest absolute Gasteiger partial charge is 0.497 e. The van der Waals surface area contributed by atoms with E-state index < -0.39 is 0 Å². The van der Waals surface area contributed by atoms with Gasteiger partial charge in [0.05, 0.1) is 37.7 Å². The van der Waals surface area contributed by atoms with Gasteiger partial charge in [-0.05, 0) is 80.0 Å². The van der Waals surface area contributed by atoms with Gasteiger partial charge in [0, 0.05) is 29.3 Å². The highest BCUT2D eigenvalue weighted by Crippen LogP contribution is 2.46. The van der Waals surface area contributed by atoms with E-state index in [4.69, 9.17) is 26.7 Å². The first-order chi connectivity index (χ1) is 18.0. The molecule has 1 fully saturated rings. The number of aryl methyl sites for hydroxylation is 2. The molecule has 1 aliphatic rings. The number of hydrogen-bond acceptors (Lipinski definition) is 4. The summed E-state index contributed by atoms with van der Waals surface area (Å²) < 4.78 is 13.6. The normalized spacial score (nSPS) is 17.1. The van der Waals surface area contributed by atoms with Crippen molar-refractivity contribution in [2.45, 2.75) is 39.3 Å². The molecule has 0 saturated carbocycles. The molecule has 0 amide bonds. The van der Waals surface area contributed by atoms with Gasteiger partial charge in [-0.15, -0.1) is 0 Å². The van der Waals surface area contributed by atoms with Gasteiger partial charge in [0.1, 0.15) is 11.5 Å². The van der Waals surface area contributed by atoms with Crippen LogP contribution in [-0.2, 0) is 6.42 Å². The zero-order chi connectivity index (χ0) is 26.1. The zero-order valence-electron chi connectivity index (χ0n) is 21.9. The molecule has 2 atom stereocenters. The van der Waals surface area contributed by atoms with Crippen LogP contribution in [0.5, 0.6) is 11.5 Å². The number of para-hydroxylation sites is 1. The Morgan fingerprint density at radius 1 is 0.946 bits per heavy atom. The van der Waals surface area contributed by atoms with E-state index in [1.54, 1.807) is 14.2 Å². The molecule has 7 heteroatoms. The molecular weight excluding hydrogens is 480 g/mol. The molecule has 37 heavy (non-hydrogen) atoms. The smallest absolute Gasteiger partial charge is 0.174 e. The van der Waals surface area contributed by atoms with E-state index in [1.807, 2.05) is 42.6 Å². The predicted molar refractivity (Wildman–Crippen MR) is 152 cm³/mol. The van der Waals surface area contributed by atoms with E-state index in [2.05, 4.69) is 65.9 Å². The van der Waals surface area contributed by atoms with E-state index in [0.717, 1.165) is 23.6 Å². The van der Waals surface area contributed by atoms with Crippen molar-refractivity contribution in [3.8, 4) is 17.2 Å². The minimum atomic E-state index is -0.143. The number of nitrogens with zero attached hydrogens (tertiary/aromatic N) is 3. The number of nitrogens with one attached hydrogen (secondary N) is 1. The fourth-order valence-corrected chi connectivity index (χ4v) is 5.74. The molecule has 5 rings (SSSR count). The van der Waals surface area contributed by atoms with Gasteiger partial charge in [0.25, 0.3) is 0 Å². The first-order valence-electron chi connectivity index (χ1n) is 12.5. The van der Waals surface area contributed by atoms with Crippen LogP contribution in [0.2, 0.25) is 0 Å². The lowest BCUT2D eigenvalue weighted by Gasteiger charge is -2.29. The van der Waals surface area contributed by atoms with Crippen LogP contribution in [0.1, 0.15) is 47.2 Å². The van der Waals surface area contributed by atoms with Gasteiger partial charge in [0.15, 0.2) is 5.11 Å². The fourth-order valence-electron chi connectivity index (χ4n) is 5.40. The van der Waals surface area contributed by atoms with E-state index in [0.29, 0.717) is 10.9 Å². The maximum absolute atomic E-state index is 5.95. The first-order valence-corrected chi connectivity index (χ1v) is 12.9. The third-order valence-electron chi connectivity index (χ3n) is 7.15. The molecule has 0 bridgehead atoms. The standard InChI is InChI=1S/C30H32N4O2S/c1-6-21-11-7-8-13-25(21)33-19(2)17-23(20(33)3)29-28(24-12-9-10-16-31-24)32-30(37)34(29)26-15-14-22(35-4)18-27(26)36-5/h7-18,28-29H,6H2,1-5H3,(H,32,37). The van der Waals surface area contributed by atoms with E-state index in [1.165, 1.54) is 28.2 Å². The van der Waals surface area contributed by atoms with Gasteiger partial charge >= 0.3 is 0 Å². The molecule has 2 unspecified atom stereocenters. The molecule has 3 heterocycles. The van der Waals surface area contributed by atoms with Crippen molar-refractivity contribution in [1.82, 2.24) is 14.9 Å². The monoisotopic (exact) mass is 512 g/mol. The average Bonchev–Trinajstić information content (AvgIpc) is 3.43. The highest BCUT2D eigenvalue weighted by Gasteiger charge is 2.43. The van der Waals surface area contributed by atoms with Gasteiger partial charge in [-0.3, -0.25) is 4.98 Å². The predicted octanol–water partition coefficient (Wildman–Crippen LogP) is 6.25. The van der Waals surface area contributed by atoms with Crippen LogP contribution in [0.4, 0.5) is 5.69 Å². The van der Waals surface area contributed by atoms with Crippen molar-refractivity contribution < 1.29 is 9.47 Å². The Hall–Kier alpha value is -3.84. The summed E-state index contributed by atoms with van der Waals surface area (Å²) in [5, 5.41) is 4.19. The van der Waals surface area contributed by atoms with Crippen LogP contribution in [0, 0.1) is 13.8 Å². The van der Waals surface area contributed by atoms with Crippen molar-refractivity contribution in [2.24, 2.45) is 0 Å². The maximum atomic E-state index is 5.95. The SMILES string of the molecule is CCc1ccccc1-n1c(C)cc(C2C(c3ccccn3)NC(=S)N2c2ccc(OC)cc2OC)c1C. The fraction of sp³-hybridized carbons (Fsp3) is 0.267. The number of pyridine rings is 1. The lowest BCUT2D eigenvalue weighted by molar-refractivity contribution is 0.394. The first kappa shape index (κ1) is 24.8. The van der Waals surface area contributed by atoms with Crippen molar-refractivity contribution in [3.05, 3.63) is 101 Å². The molecule has 1 saturated heterocycles. The van der Waals surface area contributed by atoms with Gasteiger partial charge in [-0.25, -0.2) is 0 Å². The Kier molecular flexibility index (Phi) is 6.89. The van der Waals surface area contributed by atoms with Crippen LogP contribution >= 0.6 is 12.2 Å². The molecule has 1 aliphatic heterocycles. The summed E-state index contributed by atoms with van der Waals surface area (Å²) in [6, 6.07) is 22.4. The van der Waals surface area contributed by atoms with Crippen molar-refractivity contribution in [1.29, 1.82) is 0 Å².